The third kappa shape index (κ3) is 3.39. The number of carbonyl (C=O) groups excluding carboxylic acids is 1. The van der Waals surface area contributed by atoms with E-state index in [4.69, 9.17) is 13.9 Å². The first kappa shape index (κ1) is 20.9. The van der Waals surface area contributed by atoms with Gasteiger partial charge in [-0.1, -0.05) is 0 Å². The Bertz CT molecular complexity index is 1210. The molecule has 4 rings (SSSR count). The van der Waals surface area contributed by atoms with E-state index in [0.29, 0.717) is 29.9 Å². The smallest absolute Gasteiger partial charge is 0.340 e. The van der Waals surface area contributed by atoms with Crippen molar-refractivity contribution in [2.45, 2.75) is 45.7 Å². The molecule has 0 amide bonds. The van der Waals surface area contributed by atoms with Crippen molar-refractivity contribution < 1.29 is 27.1 Å². The third-order valence-corrected chi connectivity index (χ3v) is 8.24. The van der Waals surface area contributed by atoms with Crippen LogP contribution in [0.3, 0.4) is 0 Å². The molecule has 3 heterocycles. The SMILES string of the molecule is COC(=O)Cc1c(C)c2cc3c(c(C)c2oc1=O)OCN([C@]1(C)CCS(=O)(=O)C1)C3. The van der Waals surface area contributed by atoms with Gasteiger partial charge >= 0.3 is 11.6 Å². The van der Waals surface area contributed by atoms with Gasteiger partial charge in [0.2, 0.25) is 0 Å². The number of ether oxygens (including phenoxy) is 2. The number of carbonyl (C=O) groups is 1. The van der Waals surface area contributed by atoms with Crippen molar-refractivity contribution in [2.75, 3.05) is 25.3 Å². The van der Waals surface area contributed by atoms with Crippen LogP contribution in [0.4, 0.5) is 0 Å². The topological polar surface area (TPSA) is 103 Å². The van der Waals surface area contributed by atoms with Crippen molar-refractivity contribution in [1.82, 2.24) is 4.90 Å². The van der Waals surface area contributed by atoms with Crippen molar-refractivity contribution in [3.63, 3.8) is 0 Å². The van der Waals surface area contributed by atoms with Crippen LogP contribution in [0.15, 0.2) is 15.3 Å². The lowest BCUT2D eigenvalue weighted by Crippen LogP contribution is -2.50. The number of aryl methyl sites for hydroxylation is 2. The second-order valence-electron chi connectivity index (χ2n) is 8.42. The lowest BCUT2D eigenvalue weighted by Gasteiger charge is -2.40. The molecule has 0 radical (unpaired) electrons. The van der Waals surface area contributed by atoms with E-state index in [9.17, 15) is 18.0 Å². The van der Waals surface area contributed by atoms with E-state index in [1.807, 2.05) is 19.9 Å². The third-order valence-electron chi connectivity index (χ3n) is 6.35. The van der Waals surface area contributed by atoms with Crippen LogP contribution in [0.1, 0.15) is 35.6 Å². The predicted molar refractivity (Wildman–Crippen MR) is 110 cm³/mol. The first-order valence-corrected chi connectivity index (χ1v) is 11.6. The molecular formula is C21H25NO7S. The number of sulfone groups is 1. The molecule has 0 unspecified atom stereocenters. The van der Waals surface area contributed by atoms with Crippen LogP contribution in [-0.4, -0.2) is 50.2 Å². The summed E-state index contributed by atoms with van der Waals surface area (Å²) in [4.78, 5) is 26.2. The fourth-order valence-corrected chi connectivity index (χ4v) is 6.62. The van der Waals surface area contributed by atoms with Gasteiger partial charge in [-0.15, -0.1) is 0 Å². The summed E-state index contributed by atoms with van der Waals surface area (Å²) >= 11 is 0. The second kappa shape index (κ2) is 7.09. The van der Waals surface area contributed by atoms with Crippen molar-refractivity contribution in [3.05, 3.63) is 38.7 Å². The molecule has 0 saturated carbocycles. The summed E-state index contributed by atoms with van der Waals surface area (Å²) in [5, 5.41) is 0.736. The minimum atomic E-state index is -3.05. The quantitative estimate of drug-likeness (QED) is 0.532. The van der Waals surface area contributed by atoms with Gasteiger partial charge in [0.05, 0.1) is 30.6 Å². The van der Waals surface area contributed by atoms with E-state index < -0.39 is 27.0 Å². The summed E-state index contributed by atoms with van der Waals surface area (Å²) in [6, 6.07) is 1.91. The van der Waals surface area contributed by atoms with Gasteiger partial charge in [0, 0.05) is 28.6 Å². The Morgan fingerprint density at radius 2 is 2.03 bits per heavy atom. The Balaban J connectivity index is 1.78. The number of rotatable bonds is 3. The van der Waals surface area contributed by atoms with Crippen LogP contribution < -0.4 is 10.4 Å². The van der Waals surface area contributed by atoms with Crippen LogP contribution >= 0.6 is 0 Å². The highest BCUT2D eigenvalue weighted by atomic mass is 32.2. The minimum Gasteiger partial charge on any atom is -0.477 e. The zero-order chi connectivity index (χ0) is 21.8. The highest BCUT2D eigenvalue weighted by Crippen LogP contribution is 2.39. The van der Waals surface area contributed by atoms with Crippen LogP contribution in [-0.2, 0) is 32.3 Å². The minimum absolute atomic E-state index is 0.114. The summed E-state index contributed by atoms with van der Waals surface area (Å²) in [5.74, 6) is 0.448. The van der Waals surface area contributed by atoms with E-state index >= 15 is 0 Å². The number of benzene rings is 1. The second-order valence-corrected chi connectivity index (χ2v) is 10.6. The Kier molecular flexibility index (Phi) is 4.93. The van der Waals surface area contributed by atoms with Gasteiger partial charge < -0.3 is 13.9 Å². The molecule has 1 saturated heterocycles. The Labute approximate surface area is 174 Å². The zero-order valence-electron chi connectivity index (χ0n) is 17.5. The molecule has 0 aliphatic carbocycles. The van der Waals surface area contributed by atoms with Crippen LogP contribution in [0.2, 0.25) is 0 Å². The molecule has 2 aliphatic rings. The molecule has 9 heteroatoms. The summed E-state index contributed by atoms with van der Waals surface area (Å²) in [6.07, 6.45) is 0.410. The van der Waals surface area contributed by atoms with Crippen molar-refractivity contribution in [3.8, 4) is 5.75 Å². The molecule has 8 nitrogen and oxygen atoms in total. The molecule has 0 bridgehead atoms. The molecule has 162 valence electrons. The van der Waals surface area contributed by atoms with Crippen molar-refractivity contribution in [2.24, 2.45) is 0 Å². The summed E-state index contributed by atoms with van der Waals surface area (Å²) in [7, 11) is -1.77. The van der Waals surface area contributed by atoms with Gasteiger partial charge in [0.1, 0.15) is 18.1 Å². The molecule has 0 N–H and O–H groups in total. The van der Waals surface area contributed by atoms with E-state index in [0.717, 1.165) is 16.5 Å². The van der Waals surface area contributed by atoms with Gasteiger partial charge in [-0.05, 0) is 38.8 Å². The molecule has 2 aromatic rings. The number of hydrogen-bond acceptors (Lipinski definition) is 8. The monoisotopic (exact) mass is 435 g/mol. The molecule has 30 heavy (non-hydrogen) atoms. The predicted octanol–water partition coefficient (Wildman–Crippen LogP) is 1.85. The highest BCUT2D eigenvalue weighted by Gasteiger charge is 2.44. The lowest BCUT2D eigenvalue weighted by atomic mass is 9.95. The maximum atomic E-state index is 12.5. The van der Waals surface area contributed by atoms with Gasteiger partial charge in [-0.25, -0.2) is 13.2 Å². The fourth-order valence-electron chi connectivity index (χ4n) is 4.45. The lowest BCUT2D eigenvalue weighted by molar-refractivity contribution is -0.139. The van der Waals surface area contributed by atoms with E-state index in [2.05, 4.69) is 4.90 Å². The number of methoxy groups -OCH3 is 1. The normalized spacial score (nSPS) is 23.2. The maximum absolute atomic E-state index is 12.5. The van der Waals surface area contributed by atoms with E-state index in [1.165, 1.54) is 7.11 Å². The largest absolute Gasteiger partial charge is 0.477 e. The number of fused-ring (bicyclic) bond motifs is 2. The van der Waals surface area contributed by atoms with E-state index in [1.54, 1.807) is 6.92 Å². The van der Waals surface area contributed by atoms with Gasteiger partial charge in [0.15, 0.2) is 9.84 Å². The highest BCUT2D eigenvalue weighted by molar-refractivity contribution is 7.91. The number of hydrogen-bond donors (Lipinski definition) is 0. The van der Waals surface area contributed by atoms with Gasteiger partial charge in [-0.3, -0.25) is 9.69 Å². The van der Waals surface area contributed by atoms with Crippen LogP contribution in [0.25, 0.3) is 11.0 Å². The van der Waals surface area contributed by atoms with Crippen molar-refractivity contribution in [1.29, 1.82) is 0 Å². The number of nitrogens with zero attached hydrogens (tertiary/aromatic N) is 1. The zero-order valence-corrected chi connectivity index (χ0v) is 18.3. The van der Waals surface area contributed by atoms with Gasteiger partial charge in [-0.2, -0.15) is 0 Å². The maximum Gasteiger partial charge on any atom is 0.340 e. The Morgan fingerprint density at radius 1 is 1.30 bits per heavy atom. The summed E-state index contributed by atoms with van der Waals surface area (Å²) in [6.45, 7) is 6.38. The Hall–Kier alpha value is -2.39. The molecule has 1 fully saturated rings. The Morgan fingerprint density at radius 3 is 2.67 bits per heavy atom. The molecule has 2 aliphatic heterocycles. The van der Waals surface area contributed by atoms with Crippen LogP contribution in [0, 0.1) is 13.8 Å². The van der Waals surface area contributed by atoms with E-state index in [-0.39, 0.29) is 30.2 Å². The molecule has 1 atom stereocenters. The molecule has 0 spiro atoms. The first-order valence-electron chi connectivity index (χ1n) is 9.78. The fraction of sp³-hybridized carbons (Fsp3) is 0.524. The molecular weight excluding hydrogens is 410 g/mol. The van der Waals surface area contributed by atoms with Crippen LogP contribution in [0.5, 0.6) is 5.75 Å². The summed E-state index contributed by atoms with van der Waals surface area (Å²) < 4.78 is 40.3. The average Bonchev–Trinajstić information content (AvgIpc) is 2.99. The number of esters is 1. The van der Waals surface area contributed by atoms with Crippen molar-refractivity contribution >= 4 is 26.8 Å². The van der Waals surface area contributed by atoms with Gasteiger partial charge in [0.25, 0.3) is 0 Å². The average molecular weight is 435 g/mol. The molecule has 1 aromatic heterocycles. The summed E-state index contributed by atoms with van der Waals surface area (Å²) in [5.41, 5.74) is 1.96. The molecule has 1 aromatic carbocycles. The standard InChI is InChI=1S/C21H25NO7S/c1-12-15-7-14-9-22(21(3)5-6-30(25,26)10-21)11-28-18(14)13(2)19(15)29-20(24)16(12)8-17(23)27-4/h7H,5-6,8-11H2,1-4H3/t21-/m1/s1. The first-order chi connectivity index (χ1) is 14.0.